The van der Waals surface area contributed by atoms with Gasteiger partial charge in [0.15, 0.2) is 23.4 Å². The fraction of sp³-hybridized carbons (Fsp3) is 0.235. The van der Waals surface area contributed by atoms with Crippen molar-refractivity contribution in [3.63, 3.8) is 0 Å². The molecule has 0 radical (unpaired) electrons. The molecule has 0 saturated carbocycles. The molecule has 0 bridgehead atoms. The number of rotatable bonds is 3. The molecular weight excluding hydrogens is 300 g/mol. The molecule has 2 aromatic rings. The number of carbonyl (C=O) groups excluding carboxylic acids is 1. The van der Waals surface area contributed by atoms with E-state index < -0.39 is 6.10 Å². The Balaban J connectivity index is 1.54. The van der Waals surface area contributed by atoms with Gasteiger partial charge in [-0.05, 0) is 29.8 Å². The molecule has 2 aliphatic rings. The first-order valence-corrected chi connectivity index (χ1v) is 7.25. The molecule has 2 aromatic carbocycles. The highest BCUT2D eigenvalue weighted by atomic mass is 16.6. The van der Waals surface area contributed by atoms with Crippen LogP contribution in [0.5, 0.6) is 23.0 Å². The average Bonchev–Trinajstić information content (AvgIpc) is 3.34. The number of hydrogen-bond donors (Lipinski definition) is 2. The molecule has 23 heavy (non-hydrogen) atoms. The summed E-state index contributed by atoms with van der Waals surface area (Å²) in [4.78, 5) is 12.4. The lowest BCUT2D eigenvalue weighted by molar-refractivity contribution is 0.0951. The van der Waals surface area contributed by atoms with Crippen LogP contribution in [0, 0.1) is 0 Å². The Hall–Kier alpha value is -2.73. The van der Waals surface area contributed by atoms with E-state index in [4.69, 9.17) is 14.2 Å². The van der Waals surface area contributed by atoms with Gasteiger partial charge < -0.3 is 24.4 Å². The molecule has 1 fully saturated rings. The first-order valence-electron chi connectivity index (χ1n) is 7.25. The van der Waals surface area contributed by atoms with Crippen LogP contribution in [0.1, 0.15) is 22.0 Å². The first-order chi connectivity index (χ1) is 11.1. The Kier molecular flexibility index (Phi) is 3.12. The van der Waals surface area contributed by atoms with Crippen LogP contribution >= 0.6 is 0 Å². The molecule has 2 N–H and O–H groups in total. The Morgan fingerprint density at radius 2 is 1.78 bits per heavy atom. The van der Waals surface area contributed by atoms with Gasteiger partial charge in [-0.15, -0.1) is 0 Å². The van der Waals surface area contributed by atoms with Crippen molar-refractivity contribution in [2.75, 3.05) is 13.2 Å². The smallest absolute Gasteiger partial charge is 0.198 e. The second-order valence-corrected chi connectivity index (χ2v) is 5.45. The van der Waals surface area contributed by atoms with Crippen molar-refractivity contribution in [3.05, 3.63) is 47.5 Å². The fourth-order valence-corrected chi connectivity index (χ4v) is 2.68. The van der Waals surface area contributed by atoms with Crippen LogP contribution in [0.15, 0.2) is 36.4 Å². The summed E-state index contributed by atoms with van der Waals surface area (Å²) in [6.45, 7) is 1.01. The van der Waals surface area contributed by atoms with Crippen LogP contribution in [-0.4, -0.2) is 35.3 Å². The maximum Gasteiger partial charge on any atom is 0.198 e. The number of aromatic hydroxyl groups is 2. The highest BCUT2D eigenvalue weighted by Gasteiger charge is 2.47. The predicted molar refractivity (Wildman–Crippen MR) is 79.1 cm³/mol. The van der Waals surface area contributed by atoms with E-state index in [2.05, 4.69) is 0 Å². The van der Waals surface area contributed by atoms with E-state index in [0.717, 1.165) is 11.6 Å². The summed E-state index contributed by atoms with van der Waals surface area (Å²) < 4.78 is 16.5. The quantitative estimate of drug-likeness (QED) is 0.667. The van der Waals surface area contributed by atoms with Crippen molar-refractivity contribution in [1.29, 1.82) is 0 Å². The molecule has 0 amide bonds. The summed E-state index contributed by atoms with van der Waals surface area (Å²) >= 11 is 0. The summed E-state index contributed by atoms with van der Waals surface area (Å²) in [6.07, 6.45) is -1.01. The van der Waals surface area contributed by atoms with Crippen LogP contribution < -0.4 is 9.47 Å². The maximum absolute atomic E-state index is 12.4. The lowest BCUT2D eigenvalue weighted by atomic mass is 10.0. The highest BCUT2D eigenvalue weighted by molar-refractivity contribution is 6.03. The lowest BCUT2D eigenvalue weighted by Crippen LogP contribution is -2.15. The third kappa shape index (κ3) is 2.47. The summed E-state index contributed by atoms with van der Waals surface area (Å²) in [5.74, 6) is 0.649. The average molecular weight is 314 g/mol. The molecular formula is C17H14O6. The van der Waals surface area contributed by atoms with E-state index in [1.807, 2.05) is 12.1 Å². The lowest BCUT2D eigenvalue weighted by Gasteiger charge is -2.18. The number of carbonyl (C=O) groups is 1. The van der Waals surface area contributed by atoms with E-state index in [1.54, 1.807) is 6.07 Å². The van der Waals surface area contributed by atoms with Crippen LogP contribution in [0.4, 0.5) is 0 Å². The predicted octanol–water partition coefficient (Wildman–Crippen LogP) is 2.19. The third-order valence-corrected chi connectivity index (χ3v) is 3.89. The Labute approximate surface area is 131 Å². The maximum atomic E-state index is 12.4. The molecule has 4 rings (SSSR count). The van der Waals surface area contributed by atoms with Crippen LogP contribution in [-0.2, 0) is 4.74 Å². The van der Waals surface area contributed by atoms with Gasteiger partial charge in [-0.25, -0.2) is 0 Å². The van der Waals surface area contributed by atoms with Crippen LogP contribution in [0.3, 0.4) is 0 Å². The summed E-state index contributed by atoms with van der Waals surface area (Å²) in [5.41, 5.74) is 0.957. The number of epoxide rings is 1. The molecule has 2 aliphatic heterocycles. The topological polar surface area (TPSA) is 88.5 Å². The Bertz CT molecular complexity index is 785. The normalized spacial score (nSPS) is 21.7. The van der Waals surface area contributed by atoms with E-state index >= 15 is 0 Å². The Morgan fingerprint density at radius 3 is 2.57 bits per heavy atom. The summed E-state index contributed by atoms with van der Waals surface area (Å²) in [5, 5.41) is 19.1. The largest absolute Gasteiger partial charge is 0.508 e. The van der Waals surface area contributed by atoms with Crippen molar-refractivity contribution in [3.8, 4) is 23.0 Å². The monoisotopic (exact) mass is 314 g/mol. The van der Waals surface area contributed by atoms with Gasteiger partial charge in [0.05, 0.1) is 5.56 Å². The van der Waals surface area contributed by atoms with Gasteiger partial charge in [0.1, 0.15) is 30.8 Å². The second kappa shape index (κ2) is 5.17. The third-order valence-electron chi connectivity index (χ3n) is 3.89. The van der Waals surface area contributed by atoms with Crippen LogP contribution in [0.2, 0.25) is 0 Å². The van der Waals surface area contributed by atoms with Gasteiger partial charge in [-0.1, -0.05) is 6.07 Å². The number of Topliss-reactive ketones (excluding diaryl/α,β-unsaturated/α-hetero) is 1. The zero-order valence-electron chi connectivity index (χ0n) is 12.1. The number of ether oxygens (including phenoxy) is 3. The number of ketones is 1. The first kappa shape index (κ1) is 13.9. The van der Waals surface area contributed by atoms with Gasteiger partial charge in [-0.3, -0.25) is 4.79 Å². The molecule has 6 heteroatoms. The number of benzene rings is 2. The van der Waals surface area contributed by atoms with Crippen molar-refractivity contribution < 1.29 is 29.2 Å². The second-order valence-electron chi connectivity index (χ2n) is 5.45. The van der Waals surface area contributed by atoms with Gasteiger partial charge in [0.25, 0.3) is 0 Å². The highest BCUT2D eigenvalue weighted by Crippen LogP contribution is 2.44. The molecule has 0 aliphatic carbocycles. The SMILES string of the molecule is O=C(c1ccc(O)cc1O)[C@H]1O[C@@H]1c1ccc2c(c1)OCCO2. The summed E-state index contributed by atoms with van der Waals surface area (Å²) in [7, 11) is 0. The zero-order chi connectivity index (χ0) is 16.0. The summed E-state index contributed by atoms with van der Waals surface area (Å²) in [6, 6.07) is 9.31. The molecule has 0 unspecified atom stereocenters. The molecule has 0 aromatic heterocycles. The molecule has 118 valence electrons. The number of phenolic OH excluding ortho intramolecular Hbond substituents is 2. The number of hydrogen-bond acceptors (Lipinski definition) is 6. The molecule has 2 heterocycles. The van der Waals surface area contributed by atoms with Gasteiger partial charge >= 0.3 is 0 Å². The van der Waals surface area contributed by atoms with Gasteiger partial charge in [0, 0.05) is 6.07 Å². The van der Waals surface area contributed by atoms with Crippen LogP contribution in [0.25, 0.3) is 0 Å². The van der Waals surface area contributed by atoms with Crippen molar-refractivity contribution in [1.82, 2.24) is 0 Å². The number of phenols is 2. The molecule has 0 spiro atoms. The van der Waals surface area contributed by atoms with Crippen molar-refractivity contribution in [2.24, 2.45) is 0 Å². The molecule has 6 nitrogen and oxygen atoms in total. The molecule has 2 atom stereocenters. The van der Waals surface area contributed by atoms with E-state index in [1.165, 1.54) is 12.1 Å². The van der Waals surface area contributed by atoms with E-state index in [-0.39, 0.29) is 28.9 Å². The Morgan fingerprint density at radius 1 is 1.00 bits per heavy atom. The van der Waals surface area contributed by atoms with Gasteiger partial charge in [-0.2, -0.15) is 0 Å². The van der Waals surface area contributed by atoms with Gasteiger partial charge in [0.2, 0.25) is 0 Å². The van der Waals surface area contributed by atoms with E-state index in [0.29, 0.717) is 24.7 Å². The number of fused-ring (bicyclic) bond motifs is 1. The standard InChI is InChI=1S/C17H14O6/c18-10-2-3-11(12(19)8-10)15(20)17-16(23-17)9-1-4-13-14(7-9)22-6-5-21-13/h1-4,7-8,16-19H,5-6H2/t16-,17-/m1/s1. The zero-order valence-corrected chi connectivity index (χ0v) is 12.1. The minimum absolute atomic E-state index is 0.0980. The van der Waals surface area contributed by atoms with Crippen molar-refractivity contribution >= 4 is 5.78 Å². The van der Waals surface area contributed by atoms with Crippen molar-refractivity contribution in [2.45, 2.75) is 12.2 Å². The minimum atomic E-state index is -0.645. The van der Waals surface area contributed by atoms with E-state index in [9.17, 15) is 15.0 Å². The fourth-order valence-electron chi connectivity index (χ4n) is 2.68. The molecule has 1 saturated heterocycles. The minimum Gasteiger partial charge on any atom is -0.508 e.